The third-order valence-corrected chi connectivity index (χ3v) is 7.72. The minimum Gasteiger partial charge on any atom is -0.336 e. The van der Waals surface area contributed by atoms with Crippen LogP contribution < -0.4 is 0 Å². The number of rotatable bonds is 7. The van der Waals surface area contributed by atoms with Crippen LogP contribution in [0, 0.1) is 5.82 Å². The molecule has 3 aromatic rings. The second-order valence-electron chi connectivity index (χ2n) is 9.35. The van der Waals surface area contributed by atoms with Crippen molar-refractivity contribution in [1.82, 2.24) is 14.7 Å². The fraction of sp³-hybridized carbons (Fsp3) is 0.233. The van der Waals surface area contributed by atoms with E-state index >= 15 is 0 Å². The van der Waals surface area contributed by atoms with Gasteiger partial charge in [-0.05, 0) is 53.6 Å². The van der Waals surface area contributed by atoms with E-state index in [0.717, 1.165) is 42.7 Å². The van der Waals surface area contributed by atoms with Gasteiger partial charge in [0.15, 0.2) is 0 Å². The average molecular weight is 530 g/mol. The number of amides is 3. The molecule has 0 saturated carbocycles. The van der Waals surface area contributed by atoms with Gasteiger partial charge in [0.25, 0.3) is 17.1 Å². The fourth-order valence-electron chi connectivity index (χ4n) is 4.64. The Kier molecular flexibility index (Phi) is 8.00. The Morgan fingerprint density at radius 1 is 0.895 bits per heavy atom. The van der Waals surface area contributed by atoms with Crippen LogP contribution in [0.15, 0.2) is 83.8 Å². The van der Waals surface area contributed by atoms with Gasteiger partial charge in [-0.25, -0.2) is 4.39 Å². The van der Waals surface area contributed by atoms with Crippen molar-refractivity contribution in [3.63, 3.8) is 0 Å². The highest BCUT2D eigenvalue weighted by molar-refractivity contribution is 8.18. The first kappa shape index (κ1) is 25.9. The standard InChI is InChI=1S/C30H28FN3O3S/c31-26-12-5-4-10-25(26)21-34-29(36)27(38-30(34)37)20-23-9-6-11-24(19-23)28(35)33-17-15-32(16-18-33)14-13-22-7-2-1-3-8-22/h1-12,19-20H,13-18,21H2/b27-20-. The van der Waals surface area contributed by atoms with Crippen molar-refractivity contribution in [2.45, 2.75) is 13.0 Å². The molecule has 194 valence electrons. The van der Waals surface area contributed by atoms with Gasteiger partial charge >= 0.3 is 0 Å². The number of halogens is 1. The Balaban J connectivity index is 1.20. The summed E-state index contributed by atoms with van der Waals surface area (Å²) >= 11 is 0.822. The fourth-order valence-corrected chi connectivity index (χ4v) is 5.47. The van der Waals surface area contributed by atoms with Gasteiger partial charge in [-0.3, -0.25) is 24.2 Å². The maximum atomic E-state index is 14.0. The molecular weight excluding hydrogens is 501 g/mol. The van der Waals surface area contributed by atoms with Crippen LogP contribution in [-0.4, -0.2) is 64.5 Å². The van der Waals surface area contributed by atoms with Gasteiger partial charge in [0.05, 0.1) is 11.4 Å². The zero-order chi connectivity index (χ0) is 26.5. The Morgan fingerprint density at radius 3 is 2.39 bits per heavy atom. The van der Waals surface area contributed by atoms with Crippen LogP contribution in [0.1, 0.15) is 27.0 Å². The summed E-state index contributed by atoms with van der Waals surface area (Å²) in [5, 5.41) is -0.443. The van der Waals surface area contributed by atoms with E-state index in [4.69, 9.17) is 0 Å². The van der Waals surface area contributed by atoms with Crippen molar-refractivity contribution in [3.05, 3.63) is 112 Å². The minimum absolute atomic E-state index is 0.0457. The lowest BCUT2D eigenvalue weighted by Crippen LogP contribution is -2.49. The predicted octanol–water partition coefficient (Wildman–Crippen LogP) is 5.06. The molecule has 5 rings (SSSR count). The zero-order valence-corrected chi connectivity index (χ0v) is 21.7. The van der Waals surface area contributed by atoms with Gasteiger partial charge in [-0.15, -0.1) is 0 Å². The molecule has 0 N–H and O–H groups in total. The summed E-state index contributed by atoms with van der Waals surface area (Å²) < 4.78 is 14.0. The van der Waals surface area contributed by atoms with Crippen molar-refractivity contribution in [2.24, 2.45) is 0 Å². The number of imide groups is 1. The molecule has 0 atom stereocenters. The van der Waals surface area contributed by atoms with Gasteiger partial charge in [-0.2, -0.15) is 0 Å². The smallest absolute Gasteiger partial charge is 0.293 e. The lowest BCUT2D eigenvalue weighted by atomic mass is 10.1. The number of thioether (sulfide) groups is 1. The first-order valence-corrected chi connectivity index (χ1v) is 13.4. The number of carbonyl (C=O) groups excluding carboxylic acids is 3. The van der Waals surface area contributed by atoms with E-state index < -0.39 is 17.0 Å². The molecule has 6 nitrogen and oxygen atoms in total. The SMILES string of the molecule is O=C(c1cccc(/C=C2\SC(=O)N(Cc3ccccc3F)C2=O)c1)N1CCN(CCc2ccccc2)CC1. The van der Waals surface area contributed by atoms with E-state index in [0.29, 0.717) is 24.2 Å². The summed E-state index contributed by atoms with van der Waals surface area (Å²) in [5.74, 6) is -0.971. The Labute approximate surface area is 225 Å². The molecule has 0 unspecified atom stereocenters. The van der Waals surface area contributed by atoms with Crippen molar-refractivity contribution in [2.75, 3.05) is 32.7 Å². The van der Waals surface area contributed by atoms with Crippen molar-refractivity contribution in [3.8, 4) is 0 Å². The van der Waals surface area contributed by atoms with Crippen LogP contribution in [0.2, 0.25) is 0 Å². The predicted molar refractivity (Wildman–Crippen MR) is 147 cm³/mol. The maximum absolute atomic E-state index is 14.0. The average Bonchev–Trinajstić information content (AvgIpc) is 3.21. The van der Waals surface area contributed by atoms with E-state index in [1.807, 2.05) is 11.0 Å². The molecule has 0 spiro atoms. The summed E-state index contributed by atoms with van der Waals surface area (Å²) in [5.41, 5.74) is 2.80. The third-order valence-electron chi connectivity index (χ3n) is 6.81. The zero-order valence-electron chi connectivity index (χ0n) is 20.9. The summed E-state index contributed by atoms with van der Waals surface area (Å²) in [6.07, 6.45) is 2.60. The van der Waals surface area contributed by atoms with Crippen LogP contribution >= 0.6 is 11.8 Å². The van der Waals surface area contributed by atoms with Gasteiger partial charge in [0.2, 0.25) is 0 Å². The van der Waals surface area contributed by atoms with E-state index in [1.165, 1.54) is 11.6 Å². The molecule has 0 bridgehead atoms. The monoisotopic (exact) mass is 529 g/mol. The Morgan fingerprint density at radius 2 is 1.63 bits per heavy atom. The number of hydrogen-bond acceptors (Lipinski definition) is 5. The third kappa shape index (κ3) is 6.03. The lowest BCUT2D eigenvalue weighted by Gasteiger charge is -2.34. The first-order valence-electron chi connectivity index (χ1n) is 12.6. The van der Waals surface area contributed by atoms with Gasteiger partial charge in [0.1, 0.15) is 5.82 Å². The number of piperazine rings is 1. The van der Waals surface area contributed by atoms with Crippen LogP contribution in [0.4, 0.5) is 9.18 Å². The Hall–Kier alpha value is -3.75. The molecule has 2 aliphatic rings. The molecule has 0 radical (unpaired) electrons. The van der Waals surface area contributed by atoms with Crippen molar-refractivity contribution < 1.29 is 18.8 Å². The summed E-state index contributed by atoms with van der Waals surface area (Å²) in [4.78, 5) is 44.1. The molecular formula is C30H28FN3O3S. The molecule has 3 aromatic carbocycles. The van der Waals surface area contributed by atoms with Crippen molar-refractivity contribution in [1.29, 1.82) is 0 Å². The van der Waals surface area contributed by atoms with E-state index in [-0.39, 0.29) is 22.9 Å². The summed E-state index contributed by atoms with van der Waals surface area (Å²) in [7, 11) is 0. The molecule has 2 saturated heterocycles. The van der Waals surface area contributed by atoms with E-state index in [9.17, 15) is 18.8 Å². The summed E-state index contributed by atoms with van der Waals surface area (Å²) in [6, 6.07) is 23.6. The van der Waals surface area contributed by atoms with Gasteiger partial charge in [-0.1, -0.05) is 60.7 Å². The molecule has 2 fully saturated rings. The molecule has 2 aliphatic heterocycles. The highest BCUT2D eigenvalue weighted by Gasteiger charge is 2.35. The second-order valence-corrected chi connectivity index (χ2v) is 10.3. The summed E-state index contributed by atoms with van der Waals surface area (Å²) in [6.45, 7) is 3.82. The number of nitrogens with zero attached hydrogens (tertiary/aromatic N) is 3. The highest BCUT2D eigenvalue weighted by Crippen LogP contribution is 2.33. The number of hydrogen-bond donors (Lipinski definition) is 0. The van der Waals surface area contributed by atoms with E-state index in [2.05, 4.69) is 29.2 Å². The Bertz CT molecular complexity index is 1370. The highest BCUT2D eigenvalue weighted by atomic mass is 32.2. The maximum Gasteiger partial charge on any atom is 0.293 e. The quantitative estimate of drug-likeness (QED) is 0.401. The van der Waals surface area contributed by atoms with Crippen LogP contribution in [-0.2, 0) is 17.8 Å². The second kappa shape index (κ2) is 11.8. The lowest BCUT2D eigenvalue weighted by molar-refractivity contribution is -0.123. The molecule has 3 amide bonds. The topological polar surface area (TPSA) is 60.9 Å². The molecule has 0 aromatic heterocycles. The first-order chi connectivity index (χ1) is 18.5. The minimum atomic E-state index is -0.466. The number of benzene rings is 3. The largest absolute Gasteiger partial charge is 0.336 e. The number of carbonyl (C=O) groups is 3. The van der Waals surface area contributed by atoms with Crippen LogP contribution in [0.25, 0.3) is 6.08 Å². The van der Waals surface area contributed by atoms with Gasteiger partial charge < -0.3 is 4.90 Å². The molecule has 0 aliphatic carbocycles. The molecule has 2 heterocycles. The normalized spacial score (nSPS) is 17.4. The molecule has 38 heavy (non-hydrogen) atoms. The van der Waals surface area contributed by atoms with Crippen LogP contribution in [0.3, 0.4) is 0 Å². The van der Waals surface area contributed by atoms with Crippen LogP contribution in [0.5, 0.6) is 0 Å². The van der Waals surface area contributed by atoms with Crippen molar-refractivity contribution >= 4 is 34.9 Å². The molecule has 8 heteroatoms. The van der Waals surface area contributed by atoms with Gasteiger partial charge in [0, 0.05) is 43.9 Å². The van der Waals surface area contributed by atoms with E-state index in [1.54, 1.807) is 48.5 Å².